The van der Waals surface area contributed by atoms with Crippen LogP contribution in [0, 0.1) is 23.7 Å². The van der Waals surface area contributed by atoms with E-state index in [2.05, 4.69) is 56.0 Å². The van der Waals surface area contributed by atoms with Crippen LogP contribution in [0.15, 0.2) is 35.9 Å². The van der Waals surface area contributed by atoms with Crippen molar-refractivity contribution in [2.75, 3.05) is 0 Å². The summed E-state index contributed by atoms with van der Waals surface area (Å²) < 4.78 is 0. The van der Waals surface area contributed by atoms with Gasteiger partial charge in [0.1, 0.15) is 0 Å². The van der Waals surface area contributed by atoms with E-state index in [0.29, 0.717) is 0 Å². The number of hydrogen-bond acceptors (Lipinski definition) is 0. The molecule has 0 spiro atoms. The third-order valence-corrected chi connectivity index (χ3v) is 7.55. The molecule has 164 valence electrons. The van der Waals surface area contributed by atoms with E-state index in [1.807, 2.05) is 0 Å². The molecular weight excluding hydrogens is 360 g/mol. The molecule has 0 heterocycles. The summed E-state index contributed by atoms with van der Waals surface area (Å²) in [6.07, 6.45) is 23.0. The van der Waals surface area contributed by atoms with E-state index in [-0.39, 0.29) is 0 Å². The summed E-state index contributed by atoms with van der Waals surface area (Å²) in [7, 11) is 0. The van der Waals surface area contributed by atoms with Gasteiger partial charge in [-0.15, -0.1) is 0 Å². The van der Waals surface area contributed by atoms with Gasteiger partial charge in [0.05, 0.1) is 0 Å². The summed E-state index contributed by atoms with van der Waals surface area (Å²) in [5, 5.41) is 0. The van der Waals surface area contributed by atoms with Gasteiger partial charge >= 0.3 is 0 Å². The Bertz CT molecular complexity index is 688. The summed E-state index contributed by atoms with van der Waals surface area (Å²) in [5.41, 5.74) is 4.09. The van der Waals surface area contributed by atoms with Crippen LogP contribution < -0.4 is 0 Å². The molecule has 1 unspecified atom stereocenters. The van der Waals surface area contributed by atoms with Gasteiger partial charge in [-0.25, -0.2) is 0 Å². The molecule has 0 radical (unpaired) electrons. The Morgan fingerprint density at radius 3 is 2.13 bits per heavy atom. The molecule has 0 amide bonds. The van der Waals surface area contributed by atoms with Gasteiger partial charge in [-0.2, -0.15) is 0 Å². The number of benzene rings is 1. The highest BCUT2D eigenvalue weighted by Crippen LogP contribution is 2.37. The van der Waals surface area contributed by atoms with Crippen LogP contribution in [0.3, 0.4) is 0 Å². The van der Waals surface area contributed by atoms with Crippen molar-refractivity contribution < 1.29 is 0 Å². The first-order chi connectivity index (χ1) is 14.8. The van der Waals surface area contributed by atoms with Gasteiger partial charge in [0.2, 0.25) is 0 Å². The fourth-order valence-corrected chi connectivity index (χ4v) is 5.39. The van der Waals surface area contributed by atoms with Gasteiger partial charge in [0, 0.05) is 5.56 Å². The Balaban J connectivity index is 1.43. The molecule has 1 aromatic rings. The lowest BCUT2D eigenvalue weighted by Crippen LogP contribution is -2.13. The second-order valence-corrected chi connectivity index (χ2v) is 9.95. The second kappa shape index (κ2) is 13.0. The van der Waals surface area contributed by atoms with Crippen LogP contribution in [-0.2, 0) is 0 Å². The van der Waals surface area contributed by atoms with Crippen LogP contribution in [0.1, 0.15) is 127 Å². The van der Waals surface area contributed by atoms with Gasteiger partial charge < -0.3 is 0 Å². The quantitative estimate of drug-likeness (QED) is 0.284. The molecule has 1 aromatic carbocycles. The summed E-state index contributed by atoms with van der Waals surface area (Å²) in [4.78, 5) is 0. The zero-order valence-electron chi connectivity index (χ0n) is 19.7. The maximum absolute atomic E-state index is 3.47. The minimum Gasteiger partial charge on any atom is -0.0726 e. The SMILES string of the molecule is CCCCCCC1CC=C(C#Cc2ccc(C3CCC(CCCC)CC3)cc2)CC1. The molecule has 30 heavy (non-hydrogen) atoms. The average molecular weight is 405 g/mol. The molecule has 3 rings (SSSR count). The molecule has 0 saturated heterocycles. The normalized spacial score (nSPS) is 24.1. The van der Waals surface area contributed by atoms with Crippen LogP contribution >= 0.6 is 0 Å². The largest absolute Gasteiger partial charge is 0.0726 e. The van der Waals surface area contributed by atoms with Crippen LogP contribution in [0.4, 0.5) is 0 Å². The van der Waals surface area contributed by atoms with Crippen molar-refractivity contribution in [2.45, 2.75) is 116 Å². The molecule has 1 atom stereocenters. The van der Waals surface area contributed by atoms with Crippen LogP contribution in [0.5, 0.6) is 0 Å². The number of unbranched alkanes of at least 4 members (excludes halogenated alkanes) is 4. The summed E-state index contributed by atoms with van der Waals surface area (Å²) >= 11 is 0. The summed E-state index contributed by atoms with van der Waals surface area (Å²) in [6, 6.07) is 9.21. The first-order valence-electron chi connectivity index (χ1n) is 13.1. The molecule has 2 aliphatic carbocycles. The monoisotopic (exact) mass is 404 g/mol. The van der Waals surface area contributed by atoms with Crippen LogP contribution in [0.2, 0.25) is 0 Å². The standard InChI is InChI=1S/C30H44/c1-3-5-7-8-10-26-11-13-27(14-12-26)15-16-28-19-23-30(24-20-28)29-21-17-25(18-22-29)9-6-4-2/h13,19-20,23-26,29H,3-12,14,17-18,21-22H2,1-2H3. The van der Waals surface area contributed by atoms with Crippen molar-refractivity contribution in [1.29, 1.82) is 0 Å². The highest BCUT2D eigenvalue weighted by atomic mass is 14.3. The van der Waals surface area contributed by atoms with Gasteiger partial charge in [0.25, 0.3) is 0 Å². The van der Waals surface area contributed by atoms with Crippen molar-refractivity contribution in [3.63, 3.8) is 0 Å². The van der Waals surface area contributed by atoms with Crippen molar-refractivity contribution in [3.8, 4) is 11.8 Å². The van der Waals surface area contributed by atoms with Crippen molar-refractivity contribution in [3.05, 3.63) is 47.0 Å². The van der Waals surface area contributed by atoms with Crippen molar-refractivity contribution in [1.82, 2.24) is 0 Å². The van der Waals surface area contributed by atoms with Crippen LogP contribution in [-0.4, -0.2) is 0 Å². The minimum absolute atomic E-state index is 0.778. The molecule has 0 bridgehead atoms. The topological polar surface area (TPSA) is 0 Å². The fourth-order valence-electron chi connectivity index (χ4n) is 5.39. The summed E-state index contributed by atoms with van der Waals surface area (Å²) in [6.45, 7) is 4.61. The zero-order valence-corrected chi connectivity index (χ0v) is 19.7. The molecule has 0 nitrogen and oxygen atoms in total. The van der Waals surface area contributed by atoms with E-state index in [9.17, 15) is 0 Å². The van der Waals surface area contributed by atoms with E-state index in [1.165, 1.54) is 113 Å². The number of allylic oxidation sites excluding steroid dienone is 2. The highest BCUT2D eigenvalue weighted by Gasteiger charge is 2.21. The predicted molar refractivity (Wildman–Crippen MR) is 132 cm³/mol. The lowest BCUT2D eigenvalue weighted by atomic mass is 9.77. The van der Waals surface area contributed by atoms with Gasteiger partial charge in [-0.05, 0) is 86.0 Å². The smallest absolute Gasteiger partial charge is 0.0249 e. The van der Waals surface area contributed by atoms with Gasteiger partial charge in [-0.3, -0.25) is 0 Å². The van der Waals surface area contributed by atoms with E-state index in [4.69, 9.17) is 0 Å². The Morgan fingerprint density at radius 2 is 1.47 bits per heavy atom. The van der Waals surface area contributed by atoms with E-state index in [0.717, 1.165) is 17.8 Å². The van der Waals surface area contributed by atoms with E-state index in [1.54, 1.807) is 0 Å². The lowest BCUT2D eigenvalue weighted by Gasteiger charge is -2.28. The third-order valence-electron chi connectivity index (χ3n) is 7.55. The fraction of sp³-hybridized carbons (Fsp3) is 0.667. The predicted octanol–water partition coefficient (Wildman–Crippen LogP) is 9.20. The molecule has 2 aliphatic rings. The third kappa shape index (κ3) is 7.65. The Labute approximate surface area is 186 Å². The highest BCUT2D eigenvalue weighted by molar-refractivity contribution is 5.42. The zero-order chi connectivity index (χ0) is 21.0. The molecule has 0 aromatic heterocycles. The molecule has 0 N–H and O–H groups in total. The first-order valence-corrected chi connectivity index (χ1v) is 13.1. The number of rotatable bonds is 9. The molecule has 0 aliphatic heterocycles. The van der Waals surface area contributed by atoms with Crippen molar-refractivity contribution in [2.24, 2.45) is 11.8 Å². The number of hydrogen-bond donors (Lipinski definition) is 0. The average Bonchev–Trinajstić information content (AvgIpc) is 2.81. The molecule has 1 fully saturated rings. The first kappa shape index (κ1) is 23.2. The van der Waals surface area contributed by atoms with E-state index >= 15 is 0 Å². The molecule has 0 heteroatoms. The Hall–Kier alpha value is -1.48. The Kier molecular flexibility index (Phi) is 10.1. The van der Waals surface area contributed by atoms with E-state index < -0.39 is 0 Å². The van der Waals surface area contributed by atoms with Gasteiger partial charge in [-0.1, -0.05) is 95.3 Å². The maximum Gasteiger partial charge on any atom is 0.0249 e. The maximum atomic E-state index is 3.47. The molecular formula is C30H44. The lowest BCUT2D eigenvalue weighted by molar-refractivity contribution is 0.304. The van der Waals surface area contributed by atoms with Crippen molar-refractivity contribution >= 4 is 0 Å². The molecule has 1 saturated carbocycles. The van der Waals surface area contributed by atoms with Crippen LogP contribution in [0.25, 0.3) is 0 Å². The summed E-state index contributed by atoms with van der Waals surface area (Å²) in [5.74, 6) is 9.58. The minimum atomic E-state index is 0.778. The van der Waals surface area contributed by atoms with Gasteiger partial charge in [0.15, 0.2) is 0 Å². The Morgan fingerprint density at radius 1 is 0.733 bits per heavy atom. The second-order valence-electron chi connectivity index (χ2n) is 9.95.